The first-order valence-electron chi connectivity index (χ1n) is 6.75. The molecule has 1 aromatic rings. The second kappa shape index (κ2) is 9.60. The number of hydrogen-bond acceptors (Lipinski definition) is 2. The maximum atomic E-state index is 9.75. The van der Waals surface area contributed by atoms with Gasteiger partial charge in [-0.25, -0.2) is 0 Å². The zero-order valence-electron chi connectivity index (χ0n) is 11.1. The zero-order chi connectivity index (χ0) is 13.1. The van der Waals surface area contributed by atoms with Gasteiger partial charge in [0.2, 0.25) is 0 Å². The van der Waals surface area contributed by atoms with Crippen molar-refractivity contribution >= 4 is 6.08 Å². The summed E-state index contributed by atoms with van der Waals surface area (Å²) >= 11 is 0. The fraction of sp³-hybridized carbons (Fsp3) is 0.438. The number of allylic oxidation sites excluding steroid dienone is 1. The summed E-state index contributed by atoms with van der Waals surface area (Å²) in [5.41, 5.74) is 0.878. The molecule has 1 heterocycles. The summed E-state index contributed by atoms with van der Waals surface area (Å²) in [6.07, 6.45) is 14.8. The van der Waals surface area contributed by atoms with Crippen LogP contribution in [0.25, 0.3) is 6.08 Å². The standard InChI is InChI=1S/C16H23NO/c1-2-3-4-5-6-7-11-16(18)13-12-15-10-8-9-14-17-15/h6-10,12-14,16,18H,2-5,11H2,1H3. The number of aliphatic hydroxyl groups excluding tert-OH is 1. The van der Waals surface area contributed by atoms with Crippen LogP contribution in [0, 0.1) is 0 Å². The van der Waals surface area contributed by atoms with Crippen molar-refractivity contribution in [2.75, 3.05) is 0 Å². The van der Waals surface area contributed by atoms with Crippen LogP contribution in [-0.4, -0.2) is 16.2 Å². The van der Waals surface area contributed by atoms with Crippen molar-refractivity contribution < 1.29 is 5.11 Å². The minimum Gasteiger partial charge on any atom is -0.389 e. The number of unbranched alkanes of at least 4 members (excludes halogenated alkanes) is 3. The second-order valence-electron chi connectivity index (χ2n) is 4.38. The Labute approximate surface area is 110 Å². The van der Waals surface area contributed by atoms with Crippen molar-refractivity contribution in [3.8, 4) is 0 Å². The molecule has 18 heavy (non-hydrogen) atoms. The third-order valence-electron chi connectivity index (χ3n) is 2.70. The molecule has 0 spiro atoms. The third-order valence-corrected chi connectivity index (χ3v) is 2.70. The Morgan fingerprint density at radius 1 is 1.28 bits per heavy atom. The first-order valence-corrected chi connectivity index (χ1v) is 6.75. The Bertz CT molecular complexity index is 357. The topological polar surface area (TPSA) is 33.1 Å². The first-order chi connectivity index (χ1) is 8.83. The Morgan fingerprint density at radius 3 is 2.89 bits per heavy atom. The van der Waals surface area contributed by atoms with E-state index in [4.69, 9.17) is 0 Å². The lowest BCUT2D eigenvalue weighted by atomic mass is 10.1. The SMILES string of the molecule is CCCCCC=CCC(O)C=Cc1ccccn1. The monoisotopic (exact) mass is 245 g/mol. The lowest BCUT2D eigenvalue weighted by Crippen LogP contribution is -1.99. The van der Waals surface area contributed by atoms with Crippen LogP contribution >= 0.6 is 0 Å². The number of pyridine rings is 1. The third kappa shape index (κ3) is 7.02. The number of rotatable bonds is 8. The van der Waals surface area contributed by atoms with Crippen LogP contribution in [0.15, 0.2) is 42.6 Å². The van der Waals surface area contributed by atoms with Crippen molar-refractivity contribution in [1.82, 2.24) is 4.98 Å². The molecule has 1 rings (SSSR count). The van der Waals surface area contributed by atoms with Crippen LogP contribution in [0.2, 0.25) is 0 Å². The summed E-state index contributed by atoms with van der Waals surface area (Å²) in [5, 5.41) is 9.75. The molecule has 1 N–H and O–H groups in total. The van der Waals surface area contributed by atoms with E-state index < -0.39 is 6.10 Å². The van der Waals surface area contributed by atoms with Crippen molar-refractivity contribution in [2.24, 2.45) is 0 Å². The normalized spacial score (nSPS) is 13.4. The predicted molar refractivity (Wildman–Crippen MR) is 77.2 cm³/mol. The molecule has 0 fully saturated rings. The molecule has 0 aliphatic carbocycles. The maximum absolute atomic E-state index is 9.75. The molecule has 2 nitrogen and oxygen atoms in total. The van der Waals surface area contributed by atoms with Gasteiger partial charge in [-0.1, -0.05) is 44.1 Å². The number of aromatic nitrogens is 1. The lowest BCUT2D eigenvalue weighted by molar-refractivity contribution is 0.227. The molecular weight excluding hydrogens is 222 g/mol. The molecule has 98 valence electrons. The van der Waals surface area contributed by atoms with E-state index in [0.717, 1.165) is 12.1 Å². The van der Waals surface area contributed by atoms with Gasteiger partial charge in [0.15, 0.2) is 0 Å². The summed E-state index contributed by atoms with van der Waals surface area (Å²) in [4.78, 5) is 4.16. The summed E-state index contributed by atoms with van der Waals surface area (Å²) in [5.74, 6) is 0. The average molecular weight is 245 g/mol. The Kier molecular flexibility index (Phi) is 7.82. The Balaban J connectivity index is 2.21. The molecule has 0 aromatic carbocycles. The van der Waals surface area contributed by atoms with Crippen LogP contribution in [0.4, 0.5) is 0 Å². The highest BCUT2D eigenvalue weighted by molar-refractivity contribution is 5.44. The van der Waals surface area contributed by atoms with Gasteiger partial charge in [-0.05, 0) is 37.5 Å². The van der Waals surface area contributed by atoms with Gasteiger partial charge < -0.3 is 5.11 Å². The van der Waals surface area contributed by atoms with Gasteiger partial charge in [-0.3, -0.25) is 4.98 Å². The van der Waals surface area contributed by atoms with Crippen molar-refractivity contribution in [3.05, 3.63) is 48.3 Å². The van der Waals surface area contributed by atoms with E-state index in [1.165, 1.54) is 19.3 Å². The summed E-state index contributed by atoms with van der Waals surface area (Å²) in [7, 11) is 0. The van der Waals surface area contributed by atoms with Gasteiger partial charge in [0.25, 0.3) is 0 Å². The average Bonchev–Trinajstić information content (AvgIpc) is 2.41. The lowest BCUT2D eigenvalue weighted by Gasteiger charge is -2.00. The number of aliphatic hydroxyl groups is 1. The van der Waals surface area contributed by atoms with Gasteiger partial charge in [0.05, 0.1) is 11.8 Å². The molecular formula is C16H23NO. The highest BCUT2D eigenvalue weighted by atomic mass is 16.3. The van der Waals surface area contributed by atoms with Crippen molar-refractivity contribution in [1.29, 1.82) is 0 Å². The van der Waals surface area contributed by atoms with E-state index in [-0.39, 0.29) is 0 Å². The number of nitrogens with zero attached hydrogens (tertiary/aromatic N) is 1. The highest BCUT2D eigenvalue weighted by Crippen LogP contribution is 2.04. The fourth-order valence-corrected chi connectivity index (χ4v) is 1.63. The van der Waals surface area contributed by atoms with Crippen LogP contribution in [0.1, 0.15) is 44.7 Å². The quantitative estimate of drug-likeness (QED) is 0.555. The zero-order valence-corrected chi connectivity index (χ0v) is 11.1. The Hall–Kier alpha value is -1.41. The molecule has 0 aliphatic heterocycles. The van der Waals surface area contributed by atoms with Gasteiger partial charge in [-0.15, -0.1) is 0 Å². The fourth-order valence-electron chi connectivity index (χ4n) is 1.63. The van der Waals surface area contributed by atoms with E-state index in [1.807, 2.05) is 24.3 Å². The molecule has 0 aliphatic rings. The maximum Gasteiger partial charge on any atom is 0.0759 e. The molecule has 1 atom stereocenters. The molecule has 0 saturated heterocycles. The largest absolute Gasteiger partial charge is 0.389 e. The minimum atomic E-state index is -0.422. The summed E-state index contributed by atoms with van der Waals surface area (Å²) < 4.78 is 0. The summed E-state index contributed by atoms with van der Waals surface area (Å²) in [6, 6.07) is 5.74. The molecule has 0 saturated carbocycles. The minimum absolute atomic E-state index is 0.422. The van der Waals surface area contributed by atoms with E-state index in [9.17, 15) is 5.11 Å². The van der Waals surface area contributed by atoms with Gasteiger partial charge in [0, 0.05) is 6.20 Å². The van der Waals surface area contributed by atoms with E-state index >= 15 is 0 Å². The van der Waals surface area contributed by atoms with Gasteiger partial charge in [-0.2, -0.15) is 0 Å². The molecule has 1 unspecified atom stereocenters. The van der Waals surface area contributed by atoms with Gasteiger partial charge >= 0.3 is 0 Å². The molecule has 0 bridgehead atoms. The van der Waals surface area contributed by atoms with Gasteiger partial charge in [0.1, 0.15) is 0 Å². The smallest absolute Gasteiger partial charge is 0.0759 e. The molecule has 0 radical (unpaired) electrons. The molecule has 0 amide bonds. The van der Waals surface area contributed by atoms with E-state index in [1.54, 1.807) is 12.3 Å². The highest BCUT2D eigenvalue weighted by Gasteiger charge is 1.95. The summed E-state index contributed by atoms with van der Waals surface area (Å²) in [6.45, 7) is 2.20. The van der Waals surface area contributed by atoms with Crippen molar-refractivity contribution in [3.63, 3.8) is 0 Å². The predicted octanol–water partition coefficient (Wildman–Crippen LogP) is 3.98. The van der Waals surface area contributed by atoms with E-state index in [2.05, 4.69) is 24.1 Å². The molecule has 1 aromatic heterocycles. The van der Waals surface area contributed by atoms with Crippen molar-refractivity contribution in [2.45, 2.75) is 45.1 Å². The first kappa shape index (κ1) is 14.7. The van der Waals surface area contributed by atoms with Crippen LogP contribution in [0.3, 0.4) is 0 Å². The molecule has 2 heteroatoms. The Morgan fingerprint density at radius 2 is 2.17 bits per heavy atom. The van der Waals surface area contributed by atoms with Crippen LogP contribution in [-0.2, 0) is 0 Å². The van der Waals surface area contributed by atoms with E-state index in [0.29, 0.717) is 6.42 Å². The van der Waals surface area contributed by atoms with Crippen LogP contribution in [0.5, 0.6) is 0 Å². The number of hydrogen-bond donors (Lipinski definition) is 1. The van der Waals surface area contributed by atoms with Crippen LogP contribution < -0.4 is 0 Å². The second-order valence-corrected chi connectivity index (χ2v) is 4.38.